The van der Waals surface area contributed by atoms with Crippen molar-refractivity contribution in [3.8, 4) is 0 Å². The van der Waals surface area contributed by atoms with Gasteiger partial charge in [0.2, 0.25) is 0 Å². The lowest BCUT2D eigenvalue weighted by molar-refractivity contribution is -0.978. The Bertz CT molecular complexity index is 2550. The minimum absolute atomic E-state index is 0.474. The van der Waals surface area contributed by atoms with Crippen molar-refractivity contribution >= 4 is 0 Å². The van der Waals surface area contributed by atoms with Gasteiger partial charge in [-0.15, -0.1) is 0 Å². The molecule has 16 bridgehead atoms. The van der Waals surface area contributed by atoms with Crippen molar-refractivity contribution < 1.29 is 25.8 Å². The molecular weight excluding hydrogens is 959 g/mol. The van der Waals surface area contributed by atoms with Crippen LogP contribution in [-0.4, -0.2) is 26.6 Å². The molecule has 8 N–H and O–H groups in total. The fraction of sp³-hybridized carbons (Fsp3) is 0.676. The molecular formula is C74H104N5+5. The Morgan fingerprint density at radius 2 is 0.494 bits per heavy atom. The lowest BCUT2D eigenvalue weighted by Crippen LogP contribution is -2.97. The van der Waals surface area contributed by atoms with Crippen molar-refractivity contribution in [1.29, 1.82) is 0 Å². The second-order valence-electron chi connectivity index (χ2n) is 32.7. The van der Waals surface area contributed by atoms with E-state index in [-0.39, 0.29) is 0 Å². The van der Waals surface area contributed by atoms with Crippen molar-refractivity contribution in [3.05, 3.63) is 142 Å². The molecule has 0 aromatic heterocycles. The lowest BCUT2D eigenvalue weighted by atomic mass is 9.53. The summed E-state index contributed by atoms with van der Waals surface area (Å²) in [6.07, 6.45) is 38.9. The van der Waals surface area contributed by atoms with Gasteiger partial charge in [0, 0.05) is 122 Å². The predicted octanol–water partition coefficient (Wildman–Crippen LogP) is 11.5. The second-order valence-corrected chi connectivity index (χ2v) is 32.7. The molecule has 0 aliphatic heterocycles. The van der Waals surface area contributed by atoms with Crippen LogP contribution in [-0.2, 0) is 52.4 Å². The van der Waals surface area contributed by atoms with Crippen molar-refractivity contribution in [2.45, 2.75) is 241 Å². The molecule has 4 aromatic carbocycles. The van der Waals surface area contributed by atoms with Crippen LogP contribution < -0.4 is 21.3 Å². The third-order valence-electron chi connectivity index (χ3n) is 26.2. The second kappa shape index (κ2) is 20.5. The van der Waals surface area contributed by atoms with Gasteiger partial charge in [0.1, 0.15) is 52.4 Å². The molecule has 5 heteroatoms. The van der Waals surface area contributed by atoms with Crippen LogP contribution in [0.25, 0.3) is 0 Å². The summed E-state index contributed by atoms with van der Waals surface area (Å²) in [5.74, 6) is 12.0. The zero-order valence-electron chi connectivity index (χ0n) is 49.0. The van der Waals surface area contributed by atoms with E-state index < -0.39 is 0 Å². The van der Waals surface area contributed by atoms with E-state index in [1.165, 1.54) is 189 Å². The van der Waals surface area contributed by atoms with E-state index in [0.717, 1.165) is 128 Å². The van der Waals surface area contributed by atoms with Gasteiger partial charge in [-0.2, -0.15) is 0 Å². The number of nitrogens with two attached hydrogens (primary N) is 4. The Hall–Kier alpha value is -3.32. The molecule has 0 radical (unpaired) electrons. The van der Waals surface area contributed by atoms with Gasteiger partial charge >= 0.3 is 0 Å². The molecule has 16 fully saturated rings. The molecule has 0 saturated heterocycles. The minimum atomic E-state index is 0.474. The quantitative estimate of drug-likeness (QED) is 0.0638. The van der Waals surface area contributed by atoms with Crippen LogP contribution in [0.3, 0.4) is 0 Å². The molecule has 0 spiro atoms. The van der Waals surface area contributed by atoms with E-state index in [0.29, 0.717) is 22.2 Å². The summed E-state index contributed by atoms with van der Waals surface area (Å²) < 4.78 is 1.01. The van der Waals surface area contributed by atoms with E-state index in [1.807, 2.05) is 0 Å². The number of quaternary nitrogens is 5. The highest BCUT2D eigenvalue weighted by Gasteiger charge is 2.56. The first-order valence-electron chi connectivity index (χ1n) is 34.1. The molecule has 79 heavy (non-hydrogen) atoms. The number of nitrogens with zero attached hydrogens (tertiary/aromatic N) is 1. The summed E-state index contributed by atoms with van der Waals surface area (Å²) in [4.78, 5) is 0. The third-order valence-corrected chi connectivity index (χ3v) is 26.2. The van der Waals surface area contributed by atoms with Gasteiger partial charge in [-0.25, -0.2) is 0 Å². The van der Waals surface area contributed by atoms with Crippen molar-refractivity contribution in [1.82, 2.24) is 0 Å². The van der Waals surface area contributed by atoms with Crippen molar-refractivity contribution in [2.75, 3.05) is 0 Å². The molecule has 4 aromatic rings. The summed E-state index contributed by atoms with van der Waals surface area (Å²) in [7, 11) is 0. The zero-order chi connectivity index (χ0) is 52.2. The fourth-order valence-corrected chi connectivity index (χ4v) is 24.4. The van der Waals surface area contributed by atoms with E-state index in [2.05, 4.69) is 118 Å². The largest absolute Gasteiger partial charge is 0.338 e. The molecule has 0 heterocycles. The molecule has 0 amide bonds. The standard InChI is InChI=1S/C74H100N5/c1-5-53(43-75-71-15-13-51-17-61(33-71)25-62(18-51)34-71)21-57(9-1)47-79(49-59-11-3-7-55(23-59)45-77-73-37-65-27-66(38-73)29-67(28-65)39-73,50-60-12-4-8-56(24-60)46-78-74-40-68-30-69(41-74)32-70(31-68)42-74)48-58-10-2-6-54(22-58)44-76-72-16-14-52-19-63(35-72)26-64(20-52)36-72/h1-12,21-24,51-52,61-70,75-78H,13-20,25-50H2/q+1/p+4/t51?,52?,61-,62-,63-,64-,65?,66?,67?,68?,69?,70?,71?,72?,73?,74?,79?/m1/s1. The van der Waals surface area contributed by atoms with Gasteiger partial charge in [0.05, 0.1) is 22.2 Å². The highest BCUT2D eigenvalue weighted by Crippen LogP contribution is 2.57. The molecule has 420 valence electrons. The average molecular weight is 1060 g/mol. The predicted molar refractivity (Wildman–Crippen MR) is 316 cm³/mol. The normalized spacial score (nSPS) is 40.5. The smallest absolute Gasteiger partial charge is 0.105 e. The highest BCUT2D eigenvalue weighted by molar-refractivity contribution is 5.28. The maximum atomic E-state index is 2.88. The Labute approximate surface area is 477 Å². The van der Waals surface area contributed by atoms with Gasteiger partial charge in [-0.05, 0) is 185 Å². The van der Waals surface area contributed by atoms with Crippen LogP contribution in [0.2, 0.25) is 0 Å². The number of benzene rings is 4. The van der Waals surface area contributed by atoms with E-state index >= 15 is 0 Å². The number of hydrogen-bond donors (Lipinski definition) is 4. The van der Waals surface area contributed by atoms with Crippen LogP contribution >= 0.6 is 0 Å². The van der Waals surface area contributed by atoms with Gasteiger partial charge in [0.15, 0.2) is 0 Å². The van der Waals surface area contributed by atoms with E-state index in [9.17, 15) is 0 Å². The minimum Gasteiger partial charge on any atom is -0.338 e. The van der Waals surface area contributed by atoms with Crippen LogP contribution in [0.5, 0.6) is 0 Å². The van der Waals surface area contributed by atoms with E-state index in [4.69, 9.17) is 0 Å². The molecule has 16 aliphatic carbocycles. The van der Waals surface area contributed by atoms with Crippen LogP contribution in [0.4, 0.5) is 0 Å². The number of fused-ring (bicyclic) bond motifs is 2. The molecule has 16 saturated carbocycles. The first-order chi connectivity index (χ1) is 38.6. The summed E-state index contributed by atoms with van der Waals surface area (Å²) in [6, 6.07) is 40.6. The average Bonchev–Trinajstić information content (AvgIpc) is 3.76. The van der Waals surface area contributed by atoms with Crippen LogP contribution in [0.1, 0.15) is 211 Å². The monoisotopic (exact) mass is 1060 g/mol. The Balaban J connectivity index is 0.718. The molecule has 4 atom stereocenters. The molecule has 16 aliphatic rings. The zero-order valence-corrected chi connectivity index (χ0v) is 49.0. The van der Waals surface area contributed by atoms with Crippen LogP contribution in [0, 0.1) is 71.0 Å². The highest BCUT2D eigenvalue weighted by atomic mass is 15.3. The molecule has 5 nitrogen and oxygen atoms in total. The lowest BCUT2D eigenvalue weighted by Gasteiger charge is -2.54. The van der Waals surface area contributed by atoms with Gasteiger partial charge in [-0.3, -0.25) is 0 Å². The molecule has 20 rings (SSSR count). The van der Waals surface area contributed by atoms with Gasteiger partial charge in [0.25, 0.3) is 0 Å². The summed E-state index contributed by atoms with van der Waals surface area (Å²) in [5.41, 5.74) is 14.3. The number of hydrogen-bond acceptors (Lipinski definition) is 0. The number of rotatable bonds is 20. The summed E-state index contributed by atoms with van der Waals surface area (Å²) in [5, 5.41) is 11.5. The first kappa shape index (κ1) is 51.3. The topological polar surface area (TPSA) is 66.4 Å². The van der Waals surface area contributed by atoms with Crippen LogP contribution in [0.15, 0.2) is 97.1 Å². The first-order valence-corrected chi connectivity index (χ1v) is 34.1. The third kappa shape index (κ3) is 10.8. The van der Waals surface area contributed by atoms with Gasteiger partial charge in [-0.1, -0.05) is 72.8 Å². The van der Waals surface area contributed by atoms with E-state index in [1.54, 1.807) is 22.3 Å². The van der Waals surface area contributed by atoms with Gasteiger partial charge < -0.3 is 25.8 Å². The summed E-state index contributed by atoms with van der Waals surface area (Å²) in [6.45, 7) is 8.70. The fourth-order valence-electron chi connectivity index (χ4n) is 24.4. The molecule has 0 unspecified atom stereocenters. The summed E-state index contributed by atoms with van der Waals surface area (Å²) >= 11 is 0. The Morgan fingerprint density at radius 3 is 0.759 bits per heavy atom. The maximum absolute atomic E-state index is 2.88. The maximum Gasteiger partial charge on any atom is 0.105 e. The SMILES string of the molecule is c1cc(C[NH2+]C23CC4CC(CC(C4)C2)C3)cc(C[N+](Cc2cccc(C[NH2+]C34CC5CC(CC(C5)C3)C4)c2)(Cc2cccc(C[NH2+]C34CCC5C[C@H](C[C@@H](C5)C3)C4)c2)Cc2cccc(C[NH2+]C34CCC5C[C@H](C[C@@H](C5)C3)C4)c2)c1. The van der Waals surface area contributed by atoms with Crippen molar-refractivity contribution in [3.63, 3.8) is 0 Å². The Morgan fingerprint density at radius 1 is 0.278 bits per heavy atom. The van der Waals surface area contributed by atoms with Crippen molar-refractivity contribution in [2.24, 2.45) is 71.0 Å². The Kier molecular flexibility index (Phi) is 13.3.